The Morgan fingerprint density at radius 2 is 1.65 bits per heavy atom. The molecule has 0 saturated heterocycles. The molecule has 0 aliphatic heterocycles. The fraction of sp³-hybridized carbons (Fsp3) is 0.500. The number of rotatable bonds is 11. The lowest BCUT2D eigenvalue weighted by Gasteiger charge is -2.37. The zero-order chi connectivity index (χ0) is 23.1. The summed E-state index contributed by atoms with van der Waals surface area (Å²) in [4.78, 5) is 1.53. The van der Waals surface area contributed by atoms with Crippen molar-refractivity contribution in [1.29, 1.82) is 0 Å². The third kappa shape index (κ3) is 8.39. The molecule has 4 nitrogen and oxygen atoms in total. The van der Waals surface area contributed by atoms with Crippen molar-refractivity contribution < 1.29 is 12.8 Å². The SMILES string of the molecule is Cc1ccc(S(=O)(=O)NCCCC(CO[Si](C)(C)C(C)(C)C)Sc2ccccc2)cc1. The minimum Gasteiger partial charge on any atom is -0.416 e. The summed E-state index contributed by atoms with van der Waals surface area (Å²) in [6, 6.07) is 17.3. The fourth-order valence-corrected chi connectivity index (χ4v) is 6.09. The van der Waals surface area contributed by atoms with Crippen LogP contribution < -0.4 is 4.72 Å². The van der Waals surface area contributed by atoms with E-state index >= 15 is 0 Å². The molecule has 0 spiro atoms. The molecule has 172 valence electrons. The average molecular weight is 480 g/mol. The van der Waals surface area contributed by atoms with Crippen LogP contribution in [-0.2, 0) is 14.4 Å². The van der Waals surface area contributed by atoms with Crippen LogP contribution in [0.4, 0.5) is 0 Å². The third-order valence-electron chi connectivity index (χ3n) is 5.81. The molecule has 31 heavy (non-hydrogen) atoms. The normalized spacial score (nSPS) is 13.9. The van der Waals surface area contributed by atoms with Gasteiger partial charge in [0.2, 0.25) is 10.0 Å². The molecule has 0 bridgehead atoms. The van der Waals surface area contributed by atoms with Gasteiger partial charge in [0.15, 0.2) is 8.32 Å². The Labute approximate surface area is 194 Å². The number of nitrogens with one attached hydrogen (secondary N) is 1. The van der Waals surface area contributed by atoms with Crippen LogP contribution in [0.25, 0.3) is 0 Å². The van der Waals surface area contributed by atoms with Gasteiger partial charge in [-0.1, -0.05) is 56.7 Å². The molecule has 2 aromatic rings. The van der Waals surface area contributed by atoms with Crippen LogP contribution in [0.1, 0.15) is 39.2 Å². The quantitative estimate of drug-likeness (QED) is 0.236. The molecular formula is C24H37NO3S2Si. The second-order valence-electron chi connectivity index (χ2n) is 9.48. The maximum atomic E-state index is 12.5. The van der Waals surface area contributed by atoms with E-state index in [1.807, 2.05) is 49.0 Å². The molecule has 2 aromatic carbocycles. The van der Waals surface area contributed by atoms with Gasteiger partial charge in [-0.2, -0.15) is 0 Å². The first-order valence-electron chi connectivity index (χ1n) is 10.8. The van der Waals surface area contributed by atoms with Crippen molar-refractivity contribution in [3.63, 3.8) is 0 Å². The lowest BCUT2D eigenvalue weighted by atomic mass is 10.2. The summed E-state index contributed by atoms with van der Waals surface area (Å²) in [6.07, 6.45) is 1.64. The van der Waals surface area contributed by atoms with Crippen LogP contribution in [0.5, 0.6) is 0 Å². The van der Waals surface area contributed by atoms with Gasteiger partial charge in [-0.05, 0) is 62.2 Å². The standard InChI is InChI=1S/C24H37NO3S2Si/c1-20-14-16-23(17-15-20)30(26,27)25-18-10-13-22(29-21-11-8-7-9-12-21)19-28-31(5,6)24(2,3)4/h7-9,11-12,14-17,22,25H,10,13,18-19H2,1-6H3. The maximum absolute atomic E-state index is 12.5. The molecule has 0 fully saturated rings. The number of thioether (sulfide) groups is 1. The van der Waals surface area contributed by atoms with Crippen molar-refractivity contribution in [2.75, 3.05) is 13.2 Å². The molecule has 7 heteroatoms. The van der Waals surface area contributed by atoms with Crippen molar-refractivity contribution in [3.05, 3.63) is 60.2 Å². The molecule has 1 unspecified atom stereocenters. The summed E-state index contributed by atoms with van der Waals surface area (Å²) in [5, 5.41) is 0.443. The Hall–Kier alpha value is -1.12. The van der Waals surface area contributed by atoms with E-state index in [0.717, 1.165) is 18.4 Å². The van der Waals surface area contributed by atoms with Crippen LogP contribution in [0.15, 0.2) is 64.4 Å². The van der Waals surface area contributed by atoms with Crippen LogP contribution in [0.3, 0.4) is 0 Å². The highest BCUT2D eigenvalue weighted by molar-refractivity contribution is 8.00. The third-order valence-corrected chi connectivity index (χ3v) is 13.0. The largest absolute Gasteiger partial charge is 0.416 e. The summed E-state index contributed by atoms with van der Waals surface area (Å²) in [6.45, 7) is 14.3. The van der Waals surface area contributed by atoms with Crippen molar-refractivity contribution in [2.24, 2.45) is 0 Å². The van der Waals surface area contributed by atoms with Crippen molar-refractivity contribution in [1.82, 2.24) is 4.72 Å². The van der Waals surface area contributed by atoms with Gasteiger partial charge in [-0.15, -0.1) is 11.8 Å². The Bertz CT molecular complexity index is 908. The lowest BCUT2D eigenvalue weighted by Crippen LogP contribution is -2.42. The molecule has 0 aliphatic carbocycles. The van der Waals surface area contributed by atoms with E-state index in [-0.39, 0.29) is 10.3 Å². The first-order chi connectivity index (χ1) is 14.4. The topological polar surface area (TPSA) is 55.4 Å². The van der Waals surface area contributed by atoms with E-state index in [2.05, 4.69) is 50.7 Å². The Morgan fingerprint density at radius 1 is 1.03 bits per heavy atom. The zero-order valence-corrected chi connectivity index (χ0v) is 22.3. The summed E-state index contributed by atoms with van der Waals surface area (Å²) in [5.41, 5.74) is 1.04. The van der Waals surface area contributed by atoms with E-state index in [0.29, 0.717) is 18.0 Å². The van der Waals surface area contributed by atoms with Gasteiger partial charge in [-0.25, -0.2) is 13.1 Å². The van der Waals surface area contributed by atoms with Crippen LogP contribution in [0, 0.1) is 6.92 Å². The summed E-state index contributed by atoms with van der Waals surface area (Å²) < 4.78 is 34.3. The molecule has 1 atom stereocenters. The summed E-state index contributed by atoms with van der Waals surface area (Å²) in [5.74, 6) is 0. The Morgan fingerprint density at radius 3 is 2.23 bits per heavy atom. The van der Waals surface area contributed by atoms with Crippen LogP contribution in [-0.4, -0.2) is 35.1 Å². The Kier molecular flexibility index (Phi) is 9.39. The second-order valence-corrected chi connectivity index (χ2v) is 17.4. The molecule has 0 amide bonds. The molecular weight excluding hydrogens is 442 g/mol. The molecule has 0 saturated carbocycles. The van der Waals surface area contributed by atoms with Gasteiger partial charge in [0.1, 0.15) is 0 Å². The van der Waals surface area contributed by atoms with E-state index in [1.165, 1.54) is 4.90 Å². The summed E-state index contributed by atoms with van der Waals surface area (Å²) in [7, 11) is -5.31. The van der Waals surface area contributed by atoms with E-state index in [9.17, 15) is 8.42 Å². The van der Waals surface area contributed by atoms with E-state index < -0.39 is 18.3 Å². The zero-order valence-electron chi connectivity index (χ0n) is 19.6. The van der Waals surface area contributed by atoms with E-state index in [4.69, 9.17) is 4.43 Å². The molecule has 0 radical (unpaired) electrons. The molecule has 1 N–H and O–H groups in total. The van der Waals surface area contributed by atoms with Gasteiger partial charge in [-0.3, -0.25) is 0 Å². The first-order valence-corrected chi connectivity index (χ1v) is 16.1. The highest BCUT2D eigenvalue weighted by Gasteiger charge is 2.37. The average Bonchev–Trinajstić information content (AvgIpc) is 2.69. The van der Waals surface area contributed by atoms with Gasteiger partial charge < -0.3 is 4.43 Å². The molecule has 2 rings (SSSR count). The maximum Gasteiger partial charge on any atom is 0.240 e. The Balaban J connectivity index is 1.95. The van der Waals surface area contributed by atoms with Crippen molar-refractivity contribution in [2.45, 2.75) is 73.7 Å². The monoisotopic (exact) mass is 479 g/mol. The molecule has 0 heterocycles. The van der Waals surface area contributed by atoms with Gasteiger partial charge >= 0.3 is 0 Å². The van der Waals surface area contributed by atoms with Crippen molar-refractivity contribution in [3.8, 4) is 0 Å². The highest BCUT2D eigenvalue weighted by atomic mass is 32.2. The molecule has 0 aromatic heterocycles. The highest BCUT2D eigenvalue weighted by Crippen LogP contribution is 2.37. The number of hydrogen-bond donors (Lipinski definition) is 1. The van der Waals surface area contributed by atoms with Crippen molar-refractivity contribution >= 4 is 30.1 Å². The van der Waals surface area contributed by atoms with E-state index in [1.54, 1.807) is 12.1 Å². The number of benzene rings is 2. The summed E-state index contributed by atoms with van der Waals surface area (Å²) >= 11 is 1.82. The van der Waals surface area contributed by atoms with Gasteiger partial charge in [0.05, 0.1) is 4.90 Å². The molecule has 0 aliphatic rings. The number of aryl methyl sites for hydroxylation is 1. The van der Waals surface area contributed by atoms with Gasteiger partial charge in [0.25, 0.3) is 0 Å². The van der Waals surface area contributed by atoms with Gasteiger partial charge in [0, 0.05) is 23.3 Å². The predicted octanol–water partition coefficient (Wildman–Crippen LogP) is 6.24. The second kappa shape index (κ2) is 11.1. The van der Waals surface area contributed by atoms with Crippen LogP contribution in [0.2, 0.25) is 18.1 Å². The lowest BCUT2D eigenvalue weighted by molar-refractivity contribution is 0.283. The first kappa shape index (κ1) is 26.1. The predicted molar refractivity (Wildman–Crippen MR) is 135 cm³/mol. The smallest absolute Gasteiger partial charge is 0.240 e. The fourth-order valence-electron chi connectivity index (χ4n) is 2.72. The van der Waals surface area contributed by atoms with Crippen LogP contribution >= 0.6 is 11.8 Å². The number of hydrogen-bond acceptors (Lipinski definition) is 4. The number of sulfonamides is 1. The minimum atomic E-state index is -3.47. The minimum absolute atomic E-state index is 0.165.